The van der Waals surface area contributed by atoms with Gasteiger partial charge in [0, 0.05) is 41.6 Å². The Bertz CT molecular complexity index is 1750. The van der Waals surface area contributed by atoms with Crippen molar-refractivity contribution in [2.24, 2.45) is 5.92 Å². The Kier molecular flexibility index (Phi) is 6.78. The maximum atomic E-state index is 13.0. The number of hydrogen-bond donors (Lipinski definition) is 4. The predicted octanol–water partition coefficient (Wildman–Crippen LogP) is 4.26. The number of aromatic nitrogens is 4. The number of nitrogens with two attached hydrogens (primary N) is 1. The second-order valence-electron chi connectivity index (χ2n) is 10.9. The number of hydrogen-bond acceptors (Lipinski definition) is 7. The van der Waals surface area contributed by atoms with Crippen LogP contribution in [-0.2, 0) is 15.8 Å². The van der Waals surface area contributed by atoms with Crippen molar-refractivity contribution in [2.75, 3.05) is 11.1 Å². The van der Waals surface area contributed by atoms with E-state index in [1.54, 1.807) is 24.5 Å². The van der Waals surface area contributed by atoms with Gasteiger partial charge in [0.15, 0.2) is 0 Å². The van der Waals surface area contributed by atoms with Crippen molar-refractivity contribution in [3.63, 3.8) is 0 Å². The molecule has 0 aliphatic heterocycles. The van der Waals surface area contributed by atoms with Gasteiger partial charge in [0.2, 0.25) is 5.91 Å². The normalized spacial score (nSPS) is 19.2. The molecule has 0 radical (unpaired) electrons. The molecular formula is C29H26F3N7O4. The average molecular weight is 594 g/mol. The standard InChI is InChI=1S/C29H26F3N7O4/c30-29(31,32)19-7-10-34-20(14-19)36-25(40)16-3-1-15(2-4-16)21-22-23(33)35-11-12-39(22)24(37-21)17-5-6-18(13-17)26(41)38-28(8-9-28)27(42)43/h1-4,7,10-12,14,17-18H,5-6,8-9,13H2,(H2,33,35)(H,38,41)(H,42,43)(H,34,36,40)/t17-,18+/m1/s1. The second-order valence-corrected chi connectivity index (χ2v) is 10.9. The number of nitrogens with zero attached hydrogens (tertiary/aromatic N) is 4. The molecule has 2 saturated carbocycles. The number of carbonyl (C=O) groups is 3. The fraction of sp³-hybridized carbons (Fsp3) is 0.310. The number of nitrogens with one attached hydrogen (secondary N) is 2. The van der Waals surface area contributed by atoms with Crippen LogP contribution in [0, 0.1) is 5.92 Å². The third kappa shape index (κ3) is 5.35. The lowest BCUT2D eigenvalue weighted by molar-refractivity contribution is -0.143. The lowest BCUT2D eigenvalue weighted by Crippen LogP contribution is -2.45. The number of fused-ring (bicyclic) bond motifs is 1. The van der Waals surface area contributed by atoms with E-state index < -0.39 is 29.2 Å². The molecular weight excluding hydrogens is 567 g/mol. The van der Waals surface area contributed by atoms with Crippen LogP contribution in [0.25, 0.3) is 16.8 Å². The smallest absolute Gasteiger partial charge is 0.416 e. The average Bonchev–Trinajstić information content (AvgIpc) is 3.41. The van der Waals surface area contributed by atoms with Gasteiger partial charge in [-0.2, -0.15) is 13.2 Å². The minimum absolute atomic E-state index is 0.0937. The zero-order chi connectivity index (χ0) is 30.5. The monoisotopic (exact) mass is 593 g/mol. The summed E-state index contributed by atoms with van der Waals surface area (Å²) in [5.41, 5.74) is 6.07. The summed E-state index contributed by atoms with van der Waals surface area (Å²) in [4.78, 5) is 50.0. The van der Waals surface area contributed by atoms with Gasteiger partial charge in [-0.1, -0.05) is 12.1 Å². The Labute approximate surface area is 242 Å². The molecule has 0 saturated heterocycles. The number of carboxylic acids is 1. The van der Waals surface area contributed by atoms with Crippen LogP contribution in [-0.4, -0.2) is 47.8 Å². The van der Waals surface area contributed by atoms with Crippen LogP contribution in [0.15, 0.2) is 55.0 Å². The topological polar surface area (TPSA) is 165 Å². The zero-order valence-electron chi connectivity index (χ0n) is 22.6. The molecule has 11 nitrogen and oxygen atoms in total. The highest BCUT2D eigenvalue weighted by molar-refractivity contribution is 6.04. The van der Waals surface area contributed by atoms with Gasteiger partial charge in [-0.3, -0.25) is 14.0 Å². The molecule has 6 rings (SSSR count). The molecule has 0 spiro atoms. The first-order chi connectivity index (χ1) is 20.4. The van der Waals surface area contributed by atoms with E-state index in [9.17, 15) is 32.7 Å². The highest BCUT2D eigenvalue weighted by atomic mass is 19.4. The number of carboxylic acid groups (broad SMARTS) is 1. The Morgan fingerprint density at radius 1 is 1.05 bits per heavy atom. The summed E-state index contributed by atoms with van der Waals surface area (Å²) in [6.07, 6.45) is 2.28. The van der Waals surface area contributed by atoms with Gasteiger partial charge in [-0.15, -0.1) is 0 Å². The maximum Gasteiger partial charge on any atom is 0.416 e. The highest BCUT2D eigenvalue weighted by Gasteiger charge is 2.52. The van der Waals surface area contributed by atoms with Crippen LogP contribution in [0.2, 0.25) is 0 Å². The second kappa shape index (κ2) is 10.4. The molecule has 2 fully saturated rings. The van der Waals surface area contributed by atoms with Crippen molar-refractivity contribution < 1.29 is 32.7 Å². The van der Waals surface area contributed by atoms with Crippen molar-refractivity contribution in [3.8, 4) is 11.3 Å². The zero-order valence-corrected chi connectivity index (χ0v) is 22.6. The summed E-state index contributed by atoms with van der Waals surface area (Å²) >= 11 is 0. The molecule has 2 aliphatic rings. The Morgan fingerprint density at radius 3 is 2.47 bits per heavy atom. The SMILES string of the molecule is Nc1nccn2c([C@@H]3CC[C@H](C(=O)NC4(C(=O)O)CC4)C3)nc(-c3ccc(C(=O)Nc4cc(C(F)(F)F)ccn4)cc3)c12. The van der Waals surface area contributed by atoms with E-state index in [0.717, 1.165) is 18.3 Å². The van der Waals surface area contributed by atoms with Crippen molar-refractivity contribution >= 4 is 34.9 Å². The Morgan fingerprint density at radius 2 is 1.79 bits per heavy atom. The van der Waals surface area contributed by atoms with Crippen LogP contribution < -0.4 is 16.4 Å². The van der Waals surface area contributed by atoms with Gasteiger partial charge < -0.3 is 21.5 Å². The van der Waals surface area contributed by atoms with Gasteiger partial charge in [0.25, 0.3) is 5.91 Å². The minimum atomic E-state index is -4.57. The molecule has 2 aliphatic carbocycles. The number of imidazole rings is 1. The third-order valence-corrected chi connectivity index (χ3v) is 8.05. The summed E-state index contributed by atoms with van der Waals surface area (Å²) in [7, 11) is 0. The molecule has 5 N–H and O–H groups in total. The first kappa shape index (κ1) is 28.1. The van der Waals surface area contributed by atoms with E-state index in [0.29, 0.717) is 54.7 Å². The van der Waals surface area contributed by atoms with E-state index in [2.05, 4.69) is 20.6 Å². The number of benzene rings is 1. The number of anilines is 2. The van der Waals surface area contributed by atoms with Gasteiger partial charge in [-0.05, 0) is 56.4 Å². The van der Waals surface area contributed by atoms with E-state index >= 15 is 0 Å². The molecule has 2 amide bonds. The number of alkyl halides is 3. The van der Waals surface area contributed by atoms with E-state index in [1.807, 2.05) is 4.40 Å². The van der Waals surface area contributed by atoms with Crippen LogP contribution in [0.3, 0.4) is 0 Å². The predicted molar refractivity (Wildman–Crippen MR) is 148 cm³/mol. The molecule has 3 aromatic heterocycles. The summed E-state index contributed by atoms with van der Waals surface area (Å²) in [6, 6.07) is 7.91. The Hall–Kier alpha value is -5.01. The summed E-state index contributed by atoms with van der Waals surface area (Å²) in [5, 5.41) is 14.5. The molecule has 3 heterocycles. The number of amides is 2. The Balaban J connectivity index is 1.22. The molecule has 1 aromatic carbocycles. The van der Waals surface area contributed by atoms with Crippen molar-refractivity contribution in [1.82, 2.24) is 24.7 Å². The quantitative estimate of drug-likeness (QED) is 0.247. The van der Waals surface area contributed by atoms with Crippen molar-refractivity contribution in [2.45, 2.75) is 49.7 Å². The van der Waals surface area contributed by atoms with Crippen molar-refractivity contribution in [3.05, 3.63) is 71.9 Å². The summed E-state index contributed by atoms with van der Waals surface area (Å²) < 4.78 is 40.9. The van der Waals surface area contributed by atoms with E-state index in [4.69, 9.17) is 10.7 Å². The molecule has 4 aromatic rings. The number of rotatable bonds is 7. The van der Waals surface area contributed by atoms with Gasteiger partial charge in [0.05, 0.1) is 5.56 Å². The van der Waals surface area contributed by atoms with Gasteiger partial charge in [0.1, 0.15) is 34.2 Å². The molecule has 43 heavy (non-hydrogen) atoms. The highest BCUT2D eigenvalue weighted by Crippen LogP contribution is 2.42. The molecule has 0 unspecified atom stereocenters. The van der Waals surface area contributed by atoms with Crippen LogP contribution in [0.4, 0.5) is 24.8 Å². The summed E-state index contributed by atoms with van der Waals surface area (Å²) in [6.45, 7) is 0. The van der Waals surface area contributed by atoms with Gasteiger partial charge in [-0.25, -0.2) is 19.7 Å². The van der Waals surface area contributed by atoms with E-state index in [1.165, 1.54) is 12.1 Å². The molecule has 14 heteroatoms. The number of halogens is 3. The third-order valence-electron chi connectivity index (χ3n) is 8.05. The molecule has 0 bridgehead atoms. The van der Waals surface area contributed by atoms with Gasteiger partial charge >= 0.3 is 12.1 Å². The van der Waals surface area contributed by atoms with E-state index in [-0.39, 0.29) is 34.9 Å². The first-order valence-electron chi connectivity index (χ1n) is 13.6. The molecule has 222 valence electrons. The van der Waals surface area contributed by atoms with Crippen LogP contribution in [0.5, 0.6) is 0 Å². The largest absolute Gasteiger partial charge is 0.480 e. The van der Waals surface area contributed by atoms with Crippen molar-refractivity contribution in [1.29, 1.82) is 0 Å². The fourth-order valence-electron chi connectivity index (χ4n) is 5.53. The van der Waals surface area contributed by atoms with Crippen LogP contribution in [0.1, 0.15) is 59.8 Å². The number of carbonyl (C=O) groups excluding carboxylic acids is 2. The minimum Gasteiger partial charge on any atom is -0.480 e. The number of aliphatic carboxylic acids is 1. The molecule has 2 atom stereocenters. The lowest BCUT2D eigenvalue weighted by Gasteiger charge is -2.16. The number of pyridine rings is 1. The first-order valence-corrected chi connectivity index (χ1v) is 13.6. The fourth-order valence-corrected chi connectivity index (χ4v) is 5.53. The number of nitrogen functional groups attached to an aromatic ring is 1. The maximum absolute atomic E-state index is 13.0. The summed E-state index contributed by atoms with van der Waals surface area (Å²) in [5.74, 6) is -1.67. The lowest BCUT2D eigenvalue weighted by atomic mass is 10.0. The van der Waals surface area contributed by atoms with Crippen LogP contribution >= 0.6 is 0 Å².